The molecule has 0 atom stereocenters. The van der Waals surface area contributed by atoms with Crippen molar-refractivity contribution in [3.05, 3.63) is 27.2 Å². The summed E-state index contributed by atoms with van der Waals surface area (Å²) in [5.74, 6) is -1.15. The standard InChI is InChI=1S/C14H17F3N4O2/c1-20-11-10(12(22)19-13(20)23)21(7-18-11)6-8-2-4-9(5-3-8)14(15,16)17/h7-9H,2-6H2,1H3,(H,19,22,23). The van der Waals surface area contributed by atoms with Crippen LogP contribution in [-0.4, -0.2) is 25.3 Å². The van der Waals surface area contributed by atoms with Crippen molar-refractivity contribution in [3.8, 4) is 0 Å². The van der Waals surface area contributed by atoms with Crippen molar-refractivity contribution in [2.24, 2.45) is 18.9 Å². The molecular formula is C14H17F3N4O2. The van der Waals surface area contributed by atoms with Crippen LogP contribution in [0.2, 0.25) is 0 Å². The minimum absolute atomic E-state index is 0.0719. The second-order valence-corrected chi connectivity index (χ2v) is 6.15. The van der Waals surface area contributed by atoms with E-state index >= 15 is 0 Å². The van der Waals surface area contributed by atoms with Gasteiger partial charge in [-0.1, -0.05) is 0 Å². The molecule has 0 radical (unpaired) electrons. The van der Waals surface area contributed by atoms with Crippen LogP contribution in [0, 0.1) is 11.8 Å². The Balaban J connectivity index is 1.80. The molecule has 1 fully saturated rings. The molecule has 0 spiro atoms. The van der Waals surface area contributed by atoms with Crippen LogP contribution in [-0.2, 0) is 13.6 Å². The topological polar surface area (TPSA) is 72.7 Å². The molecule has 9 heteroatoms. The lowest BCUT2D eigenvalue weighted by molar-refractivity contribution is -0.184. The van der Waals surface area contributed by atoms with Crippen molar-refractivity contribution in [1.82, 2.24) is 19.1 Å². The molecule has 0 aliphatic heterocycles. The Labute approximate surface area is 128 Å². The highest BCUT2D eigenvalue weighted by atomic mass is 19.4. The number of hydrogen-bond acceptors (Lipinski definition) is 3. The number of H-pyrrole nitrogens is 1. The summed E-state index contributed by atoms with van der Waals surface area (Å²) in [7, 11) is 1.51. The maximum Gasteiger partial charge on any atom is 0.391 e. The van der Waals surface area contributed by atoms with E-state index in [4.69, 9.17) is 0 Å². The van der Waals surface area contributed by atoms with Gasteiger partial charge in [-0.25, -0.2) is 9.78 Å². The number of rotatable bonds is 2. The van der Waals surface area contributed by atoms with E-state index in [1.54, 1.807) is 4.57 Å². The largest absolute Gasteiger partial charge is 0.391 e. The second kappa shape index (κ2) is 5.54. The molecule has 1 saturated carbocycles. The fourth-order valence-electron chi connectivity index (χ4n) is 3.27. The van der Waals surface area contributed by atoms with Gasteiger partial charge in [0.05, 0.1) is 12.2 Å². The Morgan fingerprint density at radius 3 is 2.52 bits per heavy atom. The second-order valence-electron chi connectivity index (χ2n) is 6.15. The average Bonchev–Trinajstić information content (AvgIpc) is 2.89. The molecule has 1 aliphatic rings. The first-order valence-corrected chi connectivity index (χ1v) is 7.48. The fraction of sp³-hybridized carbons (Fsp3) is 0.643. The highest BCUT2D eigenvalue weighted by Crippen LogP contribution is 2.39. The maximum atomic E-state index is 12.7. The van der Waals surface area contributed by atoms with Crippen molar-refractivity contribution >= 4 is 11.2 Å². The van der Waals surface area contributed by atoms with E-state index in [2.05, 4.69) is 9.97 Å². The molecule has 0 aromatic carbocycles. The van der Waals surface area contributed by atoms with Crippen molar-refractivity contribution in [2.45, 2.75) is 38.4 Å². The van der Waals surface area contributed by atoms with Crippen LogP contribution in [0.1, 0.15) is 25.7 Å². The number of alkyl halides is 3. The molecule has 0 bridgehead atoms. The van der Waals surface area contributed by atoms with Gasteiger partial charge in [0.15, 0.2) is 11.2 Å². The minimum atomic E-state index is -4.12. The maximum absolute atomic E-state index is 12.7. The van der Waals surface area contributed by atoms with Gasteiger partial charge in [-0.05, 0) is 31.6 Å². The zero-order valence-corrected chi connectivity index (χ0v) is 12.6. The summed E-state index contributed by atoms with van der Waals surface area (Å²) in [5, 5.41) is 0. The van der Waals surface area contributed by atoms with Crippen molar-refractivity contribution in [1.29, 1.82) is 0 Å². The van der Waals surface area contributed by atoms with Crippen molar-refractivity contribution in [3.63, 3.8) is 0 Å². The molecular weight excluding hydrogens is 313 g/mol. The fourth-order valence-corrected chi connectivity index (χ4v) is 3.27. The van der Waals surface area contributed by atoms with Crippen LogP contribution in [0.3, 0.4) is 0 Å². The van der Waals surface area contributed by atoms with Gasteiger partial charge in [0.1, 0.15) is 0 Å². The average molecular weight is 330 g/mol. The summed E-state index contributed by atoms with van der Waals surface area (Å²) >= 11 is 0. The quantitative estimate of drug-likeness (QED) is 0.912. The highest BCUT2D eigenvalue weighted by Gasteiger charge is 2.41. The predicted octanol–water partition coefficient (Wildman–Crippen LogP) is 1.79. The van der Waals surface area contributed by atoms with E-state index in [9.17, 15) is 22.8 Å². The molecule has 1 aliphatic carbocycles. The summed E-state index contributed by atoms with van der Waals surface area (Å²) in [5.41, 5.74) is -0.504. The predicted molar refractivity (Wildman–Crippen MR) is 77.1 cm³/mol. The van der Waals surface area contributed by atoms with Crippen molar-refractivity contribution in [2.75, 3.05) is 0 Å². The van der Waals surface area contributed by atoms with E-state index < -0.39 is 23.3 Å². The van der Waals surface area contributed by atoms with E-state index in [1.807, 2.05) is 0 Å². The normalized spacial score (nSPS) is 22.6. The number of aromatic nitrogens is 4. The molecule has 23 heavy (non-hydrogen) atoms. The smallest absolute Gasteiger partial charge is 0.324 e. The number of nitrogens with zero attached hydrogens (tertiary/aromatic N) is 3. The molecule has 0 amide bonds. The Morgan fingerprint density at radius 2 is 1.91 bits per heavy atom. The monoisotopic (exact) mass is 330 g/mol. The van der Waals surface area contributed by atoms with E-state index in [-0.39, 0.29) is 29.9 Å². The van der Waals surface area contributed by atoms with Crippen LogP contribution in [0.4, 0.5) is 13.2 Å². The third-order valence-electron chi connectivity index (χ3n) is 4.64. The lowest BCUT2D eigenvalue weighted by Crippen LogP contribution is -2.31. The molecule has 2 heterocycles. The number of imidazole rings is 1. The third-order valence-corrected chi connectivity index (χ3v) is 4.64. The molecule has 0 unspecified atom stereocenters. The van der Waals surface area contributed by atoms with Gasteiger partial charge in [0.2, 0.25) is 0 Å². The lowest BCUT2D eigenvalue weighted by atomic mass is 9.81. The molecule has 2 aromatic rings. The van der Waals surface area contributed by atoms with Gasteiger partial charge >= 0.3 is 11.9 Å². The molecule has 6 nitrogen and oxygen atoms in total. The highest BCUT2D eigenvalue weighted by molar-refractivity contribution is 5.69. The number of aryl methyl sites for hydroxylation is 1. The first-order valence-electron chi connectivity index (χ1n) is 7.48. The van der Waals surface area contributed by atoms with E-state index in [1.165, 1.54) is 17.9 Å². The summed E-state index contributed by atoms with van der Waals surface area (Å²) in [6, 6.07) is 0. The lowest BCUT2D eigenvalue weighted by Gasteiger charge is -2.30. The van der Waals surface area contributed by atoms with Crippen molar-refractivity contribution < 1.29 is 13.2 Å². The SMILES string of the molecule is Cn1c(=O)[nH]c(=O)c2c1ncn2CC1CCC(C(F)(F)F)CC1. The van der Waals surface area contributed by atoms with Crippen LogP contribution in [0.5, 0.6) is 0 Å². The number of aromatic amines is 1. The first-order chi connectivity index (χ1) is 10.8. The molecule has 126 valence electrons. The van der Waals surface area contributed by atoms with Crippen LogP contribution < -0.4 is 11.2 Å². The van der Waals surface area contributed by atoms with Gasteiger partial charge in [-0.2, -0.15) is 13.2 Å². The number of hydrogen-bond donors (Lipinski definition) is 1. The number of nitrogens with one attached hydrogen (secondary N) is 1. The zero-order chi connectivity index (χ0) is 16.8. The third kappa shape index (κ3) is 2.91. The van der Waals surface area contributed by atoms with Crippen LogP contribution >= 0.6 is 0 Å². The van der Waals surface area contributed by atoms with E-state index in [0.717, 1.165) is 0 Å². The Kier molecular flexibility index (Phi) is 3.81. The van der Waals surface area contributed by atoms with Gasteiger partial charge in [-0.15, -0.1) is 0 Å². The van der Waals surface area contributed by atoms with Gasteiger partial charge in [0, 0.05) is 13.6 Å². The number of halogens is 3. The Morgan fingerprint density at radius 1 is 1.26 bits per heavy atom. The molecule has 2 aromatic heterocycles. The zero-order valence-electron chi connectivity index (χ0n) is 12.6. The number of fused-ring (bicyclic) bond motifs is 1. The summed E-state index contributed by atoms with van der Waals surface area (Å²) < 4.78 is 41.0. The summed E-state index contributed by atoms with van der Waals surface area (Å²) in [6.07, 6.45) is -1.48. The molecule has 0 saturated heterocycles. The van der Waals surface area contributed by atoms with Gasteiger partial charge in [0.25, 0.3) is 5.56 Å². The van der Waals surface area contributed by atoms with Gasteiger partial charge < -0.3 is 4.57 Å². The first kappa shape index (κ1) is 15.8. The van der Waals surface area contributed by atoms with Crippen LogP contribution in [0.15, 0.2) is 15.9 Å². The Bertz CT molecular complexity index is 825. The van der Waals surface area contributed by atoms with E-state index in [0.29, 0.717) is 19.4 Å². The Hall–Kier alpha value is -2.06. The summed E-state index contributed by atoms with van der Waals surface area (Å²) in [6.45, 7) is 0.433. The summed E-state index contributed by atoms with van der Waals surface area (Å²) in [4.78, 5) is 29.8. The minimum Gasteiger partial charge on any atom is -0.324 e. The van der Waals surface area contributed by atoms with Crippen LogP contribution in [0.25, 0.3) is 11.2 Å². The van der Waals surface area contributed by atoms with Gasteiger partial charge in [-0.3, -0.25) is 14.3 Å². The molecule has 3 rings (SSSR count). The molecule has 1 N–H and O–H groups in total.